The largest absolute Gasteiger partial charge is 0.492 e. The maximum Gasteiger partial charge on any atom is 0.330 e. The van der Waals surface area contributed by atoms with Crippen LogP contribution < -0.4 is 26.6 Å². The van der Waals surface area contributed by atoms with E-state index in [1.807, 2.05) is 68.1 Å². The summed E-state index contributed by atoms with van der Waals surface area (Å²) in [7, 11) is 0. The first kappa shape index (κ1) is 22.2. The Kier molecular flexibility index (Phi) is 7.18. The van der Waals surface area contributed by atoms with Gasteiger partial charge in [0.2, 0.25) is 0 Å². The van der Waals surface area contributed by atoms with Crippen molar-refractivity contribution in [2.75, 3.05) is 30.3 Å². The van der Waals surface area contributed by atoms with E-state index in [-0.39, 0.29) is 12.4 Å². The molecule has 0 atom stereocenters. The smallest absolute Gasteiger partial charge is 0.330 e. The number of nitrogens with zero attached hydrogens (tertiary/aromatic N) is 2. The predicted octanol–water partition coefficient (Wildman–Crippen LogP) is 3.08. The quantitative estimate of drug-likeness (QED) is 0.553. The molecule has 0 spiro atoms. The summed E-state index contributed by atoms with van der Waals surface area (Å²) >= 11 is 0. The Balaban J connectivity index is 1.85. The number of benzene rings is 2. The molecule has 0 saturated carbocycles. The summed E-state index contributed by atoms with van der Waals surface area (Å²) in [5.41, 5.74) is 8.85. The van der Waals surface area contributed by atoms with Crippen molar-refractivity contribution >= 4 is 11.5 Å². The maximum atomic E-state index is 12.7. The van der Waals surface area contributed by atoms with Crippen molar-refractivity contribution in [3.8, 4) is 5.75 Å². The standard InChI is InChI=1S/C24H30N4O3/c1-4-10-27(11-12-31-20-14-17(2)13-18(3)15-20)21-22(25)28(24(30)26-23(21)29)16-19-8-6-5-7-9-19/h5-9,13-15H,4,10-12,16,25H2,1-3H3,(H,26,29,30). The number of aryl methyl sites for hydroxylation is 2. The van der Waals surface area contributed by atoms with E-state index in [1.165, 1.54) is 4.57 Å². The summed E-state index contributed by atoms with van der Waals surface area (Å²) in [4.78, 5) is 29.4. The first-order chi connectivity index (χ1) is 14.9. The van der Waals surface area contributed by atoms with Gasteiger partial charge in [0.05, 0.1) is 13.1 Å². The summed E-state index contributed by atoms with van der Waals surface area (Å²) in [5.74, 6) is 0.960. The number of nitrogen functional groups attached to an aromatic ring is 1. The molecule has 1 heterocycles. The summed E-state index contributed by atoms with van der Waals surface area (Å²) in [5, 5.41) is 0. The molecule has 1 aromatic heterocycles. The van der Waals surface area contributed by atoms with Crippen LogP contribution in [-0.2, 0) is 6.54 Å². The lowest BCUT2D eigenvalue weighted by Gasteiger charge is -2.26. The molecule has 164 valence electrons. The molecule has 0 bridgehead atoms. The van der Waals surface area contributed by atoms with Crippen molar-refractivity contribution < 1.29 is 4.74 Å². The zero-order valence-electron chi connectivity index (χ0n) is 18.4. The van der Waals surface area contributed by atoms with Crippen LogP contribution in [0, 0.1) is 13.8 Å². The van der Waals surface area contributed by atoms with Crippen molar-refractivity contribution in [3.63, 3.8) is 0 Å². The normalized spacial score (nSPS) is 10.8. The molecule has 7 nitrogen and oxygen atoms in total. The molecular weight excluding hydrogens is 392 g/mol. The average molecular weight is 423 g/mol. The van der Waals surface area contributed by atoms with E-state index in [0.29, 0.717) is 25.4 Å². The van der Waals surface area contributed by atoms with E-state index in [1.54, 1.807) is 0 Å². The molecule has 3 aromatic rings. The van der Waals surface area contributed by atoms with Gasteiger partial charge in [-0.1, -0.05) is 43.3 Å². The molecule has 0 saturated heterocycles. The molecule has 0 radical (unpaired) electrons. The second-order valence-electron chi connectivity index (χ2n) is 7.72. The van der Waals surface area contributed by atoms with Gasteiger partial charge in [0.25, 0.3) is 5.56 Å². The van der Waals surface area contributed by atoms with Crippen LogP contribution in [0.5, 0.6) is 5.75 Å². The first-order valence-electron chi connectivity index (χ1n) is 10.5. The molecule has 3 rings (SSSR count). The molecule has 3 N–H and O–H groups in total. The van der Waals surface area contributed by atoms with Gasteiger partial charge in [-0.15, -0.1) is 0 Å². The van der Waals surface area contributed by atoms with Crippen LogP contribution >= 0.6 is 0 Å². The first-order valence-corrected chi connectivity index (χ1v) is 10.5. The molecule has 2 aromatic carbocycles. The second kappa shape index (κ2) is 10.0. The highest BCUT2D eigenvalue weighted by Gasteiger charge is 2.18. The number of anilines is 2. The minimum atomic E-state index is -0.516. The van der Waals surface area contributed by atoms with Gasteiger partial charge in [-0.2, -0.15) is 0 Å². The molecule has 0 fully saturated rings. The van der Waals surface area contributed by atoms with Crippen molar-refractivity contribution in [3.05, 3.63) is 86.1 Å². The van der Waals surface area contributed by atoms with E-state index >= 15 is 0 Å². The maximum absolute atomic E-state index is 12.7. The lowest BCUT2D eigenvalue weighted by Crippen LogP contribution is -2.40. The summed E-state index contributed by atoms with van der Waals surface area (Å²) < 4.78 is 7.33. The fourth-order valence-corrected chi connectivity index (χ4v) is 3.70. The Bertz CT molecular complexity index is 1120. The minimum Gasteiger partial charge on any atom is -0.492 e. The van der Waals surface area contributed by atoms with Gasteiger partial charge >= 0.3 is 5.69 Å². The third-order valence-electron chi connectivity index (χ3n) is 5.03. The number of ether oxygens (including phenoxy) is 1. The number of aromatic amines is 1. The van der Waals surface area contributed by atoms with Gasteiger partial charge in [0, 0.05) is 6.54 Å². The Labute approximate surface area is 182 Å². The number of H-pyrrole nitrogens is 1. The summed E-state index contributed by atoms with van der Waals surface area (Å²) in [6, 6.07) is 15.6. The van der Waals surface area contributed by atoms with Gasteiger partial charge in [0.1, 0.15) is 23.9 Å². The van der Waals surface area contributed by atoms with Gasteiger partial charge in [-0.05, 0) is 49.1 Å². The molecule has 7 heteroatoms. The third kappa shape index (κ3) is 5.57. The lowest BCUT2D eigenvalue weighted by molar-refractivity contribution is 0.323. The van der Waals surface area contributed by atoms with Crippen LogP contribution in [-0.4, -0.2) is 29.2 Å². The Morgan fingerprint density at radius 2 is 1.71 bits per heavy atom. The van der Waals surface area contributed by atoms with Crippen LogP contribution in [0.2, 0.25) is 0 Å². The number of hydrogen-bond donors (Lipinski definition) is 2. The van der Waals surface area contributed by atoms with E-state index < -0.39 is 11.2 Å². The molecule has 0 amide bonds. The fraction of sp³-hybridized carbons (Fsp3) is 0.333. The van der Waals surface area contributed by atoms with Crippen LogP contribution in [0.25, 0.3) is 0 Å². The zero-order chi connectivity index (χ0) is 22.4. The van der Waals surface area contributed by atoms with Crippen LogP contribution in [0.4, 0.5) is 11.5 Å². The topological polar surface area (TPSA) is 93.3 Å². The van der Waals surface area contributed by atoms with E-state index in [0.717, 1.165) is 28.9 Å². The summed E-state index contributed by atoms with van der Waals surface area (Å²) in [6.07, 6.45) is 0.820. The minimum absolute atomic E-state index is 0.164. The van der Waals surface area contributed by atoms with Gasteiger partial charge in [-0.25, -0.2) is 4.79 Å². The third-order valence-corrected chi connectivity index (χ3v) is 5.03. The van der Waals surface area contributed by atoms with Crippen molar-refractivity contribution in [1.82, 2.24) is 9.55 Å². The molecule has 0 aliphatic rings. The SMILES string of the molecule is CCCN(CCOc1cc(C)cc(C)c1)c1c(N)n(Cc2ccccc2)c(=O)[nH]c1=O. The lowest BCUT2D eigenvalue weighted by atomic mass is 10.1. The van der Waals surface area contributed by atoms with Gasteiger partial charge in [-0.3, -0.25) is 14.3 Å². The van der Waals surface area contributed by atoms with Crippen molar-refractivity contribution in [1.29, 1.82) is 0 Å². The number of nitrogens with two attached hydrogens (primary N) is 1. The van der Waals surface area contributed by atoms with E-state index in [2.05, 4.69) is 11.1 Å². The van der Waals surface area contributed by atoms with E-state index in [4.69, 9.17) is 10.5 Å². The van der Waals surface area contributed by atoms with E-state index in [9.17, 15) is 9.59 Å². The highest BCUT2D eigenvalue weighted by Crippen LogP contribution is 2.19. The molecule has 0 unspecified atom stereocenters. The van der Waals surface area contributed by atoms with Crippen LogP contribution in [0.3, 0.4) is 0 Å². The fourth-order valence-electron chi connectivity index (χ4n) is 3.70. The van der Waals surface area contributed by atoms with Crippen molar-refractivity contribution in [2.24, 2.45) is 0 Å². The number of nitrogens with one attached hydrogen (secondary N) is 1. The molecular formula is C24H30N4O3. The van der Waals surface area contributed by atoms with Gasteiger partial charge in [0.15, 0.2) is 0 Å². The van der Waals surface area contributed by atoms with Crippen molar-refractivity contribution in [2.45, 2.75) is 33.7 Å². The molecule has 31 heavy (non-hydrogen) atoms. The Hall–Kier alpha value is -3.48. The van der Waals surface area contributed by atoms with Crippen LogP contribution in [0.15, 0.2) is 58.1 Å². The Morgan fingerprint density at radius 3 is 2.35 bits per heavy atom. The zero-order valence-corrected chi connectivity index (χ0v) is 18.4. The molecule has 0 aliphatic carbocycles. The number of hydrogen-bond acceptors (Lipinski definition) is 5. The average Bonchev–Trinajstić information content (AvgIpc) is 2.71. The highest BCUT2D eigenvalue weighted by atomic mass is 16.5. The number of aromatic nitrogens is 2. The van der Waals surface area contributed by atoms with Gasteiger partial charge < -0.3 is 15.4 Å². The predicted molar refractivity (Wildman–Crippen MR) is 125 cm³/mol. The number of rotatable bonds is 9. The second-order valence-corrected chi connectivity index (χ2v) is 7.72. The Morgan fingerprint density at radius 1 is 1.03 bits per heavy atom. The highest BCUT2D eigenvalue weighted by molar-refractivity contribution is 5.62. The van der Waals surface area contributed by atoms with Crippen LogP contribution in [0.1, 0.15) is 30.0 Å². The monoisotopic (exact) mass is 422 g/mol. The molecule has 0 aliphatic heterocycles. The summed E-state index contributed by atoms with van der Waals surface area (Å²) in [6.45, 7) is 7.85.